The summed E-state index contributed by atoms with van der Waals surface area (Å²) in [6.07, 6.45) is 3.56. The SMILES string of the molecule is CN(C)C[C@@H]1OCCN(C(=O)c2cccc(O)c2)[C@H]1c1cnn(C)c1. The Hall–Kier alpha value is -2.38. The van der Waals surface area contributed by atoms with Crippen molar-refractivity contribution in [3.05, 3.63) is 47.8 Å². The van der Waals surface area contributed by atoms with Crippen molar-refractivity contribution in [2.24, 2.45) is 7.05 Å². The molecule has 2 heterocycles. The highest BCUT2D eigenvalue weighted by molar-refractivity contribution is 5.95. The molecule has 3 rings (SSSR count). The molecule has 2 aromatic rings. The standard InChI is InChI=1S/C18H24N4O3/c1-20(2)12-16-17(14-10-19-21(3)11-14)22(7-8-25-16)18(24)13-5-4-6-15(23)9-13/h4-6,9-11,16-17,23H,7-8,12H2,1-3H3/t16-,17-/m0/s1. The van der Waals surface area contributed by atoms with Crippen LogP contribution < -0.4 is 0 Å². The lowest BCUT2D eigenvalue weighted by Gasteiger charge is -2.41. The van der Waals surface area contributed by atoms with E-state index >= 15 is 0 Å². The van der Waals surface area contributed by atoms with Crippen molar-refractivity contribution >= 4 is 5.91 Å². The summed E-state index contributed by atoms with van der Waals surface area (Å²) in [6, 6.07) is 6.24. The predicted octanol–water partition coefficient (Wildman–Crippen LogP) is 1.27. The van der Waals surface area contributed by atoms with Crippen LogP contribution in [0.1, 0.15) is 22.0 Å². The highest BCUT2D eigenvalue weighted by atomic mass is 16.5. The van der Waals surface area contributed by atoms with Crippen LogP contribution in [0.2, 0.25) is 0 Å². The second-order valence-electron chi connectivity index (χ2n) is 6.61. The molecule has 0 radical (unpaired) electrons. The summed E-state index contributed by atoms with van der Waals surface area (Å²) >= 11 is 0. The predicted molar refractivity (Wildman–Crippen MR) is 93.4 cm³/mol. The number of phenols is 1. The van der Waals surface area contributed by atoms with E-state index < -0.39 is 0 Å². The molecule has 7 nitrogen and oxygen atoms in total. The number of rotatable bonds is 4. The molecule has 0 bridgehead atoms. The molecule has 1 aromatic heterocycles. The average Bonchev–Trinajstić information content (AvgIpc) is 2.99. The fraction of sp³-hybridized carbons (Fsp3) is 0.444. The molecule has 2 atom stereocenters. The van der Waals surface area contributed by atoms with Crippen LogP contribution in [-0.2, 0) is 11.8 Å². The molecule has 1 aromatic carbocycles. The first-order chi connectivity index (χ1) is 12.0. The Morgan fingerprint density at radius 1 is 1.44 bits per heavy atom. The van der Waals surface area contributed by atoms with Crippen LogP contribution in [0.25, 0.3) is 0 Å². The summed E-state index contributed by atoms with van der Waals surface area (Å²) in [5.41, 5.74) is 1.42. The summed E-state index contributed by atoms with van der Waals surface area (Å²) in [6.45, 7) is 1.68. The summed E-state index contributed by atoms with van der Waals surface area (Å²) in [5.74, 6) is -0.0290. The number of nitrogens with zero attached hydrogens (tertiary/aromatic N) is 4. The molecule has 0 unspecified atom stereocenters. The number of hydrogen-bond acceptors (Lipinski definition) is 5. The molecule has 1 N–H and O–H groups in total. The van der Waals surface area contributed by atoms with Crippen LogP contribution in [0.3, 0.4) is 0 Å². The van der Waals surface area contributed by atoms with Crippen molar-refractivity contribution in [3.63, 3.8) is 0 Å². The lowest BCUT2D eigenvalue weighted by Crippen LogP contribution is -2.51. The van der Waals surface area contributed by atoms with Crippen molar-refractivity contribution in [2.75, 3.05) is 33.8 Å². The van der Waals surface area contributed by atoms with Gasteiger partial charge in [0.1, 0.15) is 5.75 Å². The van der Waals surface area contributed by atoms with E-state index in [-0.39, 0.29) is 23.8 Å². The van der Waals surface area contributed by atoms with E-state index in [0.29, 0.717) is 25.3 Å². The van der Waals surface area contributed by atoms with Crippen LogP contribution in [0.15, 0.2) is 36.7 Å². The molecular formula is C18H24N4O3. The van der Waals surface area contributed by atoms with Crippen LogP contribution in [-0.4, -0.2) is 70.5 Å². The first-order valence-corrected chi connectivity index (χ1v) is 8.30. The molecule has 0 saturated carbocycles. The van der Waals surface area contributed by atoms with E-state index in [1.807, 2.05) is 32.2 Å². The quantitative estimate of drug-likeness (QED) is 0.904. The third kappa shape index (κ3) is 3.83. The third-order valence-electron chi connectivity index (χ3n) is 4.32. The number of amides is 1. The molecule has 0 aliphatic carbocycles. The van der Waals surface area contributed by atoms with Crippen molar-refractivity contribution in [1.82, 2.24) is 19.6 Å². The summed E-state index contributed by atoms with van der Waals surface area (Å²) in [7, 11) is 5.83. The molecule has 25 heavy (non-hydrogen) atoms. The van der Waals surface area contributed by atoms with Crippen LogP contribution in [0.4, 0.5) is 0 Å². The zero-order chi connectivity index (χ0) is 18.0. The number of aromatic hydroxyl groups is 1. The maximum absolute atomic E-state index is 13.1. The number of likely N-dealkylation sites (N-methyl/N-ethyl adjacent to an activating group) is 1. The minimum atomic E-state index is -0.223. The van der Waals surface area contributed by atoms with Crippen molar-refractivity contribution < 1.29 is 14.6 Å². The zero-order valence-electron chi connectivity index (χ0n) is 14.8. The summed E-state index contributed by atoms with van der Waals surface area (Å²) in [4.78, 5) is 17.0. The van der Waals surface area contributed by atoms with Gasteiger partial charge in [-0.05, 0) is 32.3 Å². The number of hydrogen-bond donors (Lipinski definition) is 1. The second kappa shape index (κ2) is 7.25. The van der Waals surface area contributed by atoms with Gasteiger partial charge in [-0.15, -0.1) is 0 Å². The van der Waals surface area contributed by atoms with Crippen molar-refractivity contribution in [3.8, 4) is 5.75 Å². The Morgan fingerprint density at radius 2 is 2.24 bits per heavy atom. The summed E-state index contributed by atoms with van der Waals surface area (Å²) < 4.78 is 7.71. The van der Waals surface area contributed by atoms with Crippen LogP contribution >= 0.6 is 0 Å². The Morgan fingerprint density at radius 3 is 2.88 bits per heavy atom. The van der Waals surface area contributed by atoms with Gasteiger partial charge in [-0.25, -0.2) is 0 Å². The van der Waals surface area contributed by atoms with Crippen LogP contribution in [0.5, 0.6) is 5.75 Å². The number of morpholine rings is 1. The molecule has 1 aliphatic heterocycles. The lowest BCUT2D eigenvalue weighted by atomic mass is 9.99. The van der Waals surface area contributed by atoms with E-state index in [1.54, 1.807) is 29.1 Å². The van der Waals surface area contributed by atoms with E-state index in [4.69, 9.17) is 4.74 Å². The van der Waals surface area contributed by atoms with Gasteiger partial charge in [0.15, 0.2) is 0 Å². The molecule has 1 saturated heterocycles. The smallest absolute Gasteiger partial charge is 0.254 e. The van der Waals surface area contributed by atoms with Gasteiger partial charge < -0.3 is 19.6 Å². The van der Waals surface area contributed by atoms with E-state index in [0.717, 1.165) is 5.56 Å². The van der Waals surface area contributed by atoms with E-state index in [9.17, 15) is 9.90 Å². The number of carbonyl (C=O) groups excluding carboxylic acids is 1. The second-order valence-corrected chi connectivity index (χ2v) is 6.61. The Labute approximate surface area is 147 Å². The Kier molecular flexibility index (Phi) is 5.06. The third-order valence-corrected chi connectivity index (χ3v) is 4.32. The van der Waals surface area contributed by atoms with Gasteiger partial charge in [0.25, 0.3) is 5.91 Å². The minimum absolute atomic E-state index is 0.0851. The van der Waals surface area contributed by atoms with Gasteiger partial charge in [0.2, 0.25) is 0 Å². The van der Waals surface area contributed by atoms with Crippen molar-refractivity contribution in [1.29, 1.82) is 0 Å². The normalized spacial score (nSPS) is 20.9. The number of carbonyl (C=O) groups is 1. The van der Waals surface area contributed by atoms with Gasteiger partial charge in [0.05, 0.1) is 24.9 Å². The fourth-order valence-corrected chi connectivity index (χ4v) is 3.27. The first-order valence-electron chi connectivity index (χ1n) is 8.30. The number of ether oxygens (including phenoxy) is 1. The Bertz CT molecular complexity index is 743. The largest absolute Gasteiger partial charge is 0.508 e. The van der Waals surface area contributed by atoms with Gasteiger partial charge in [0, 0.05) is 37.5 Å². The maximum atomic E-state index is 13.1. The monoisotopic (exact) mass is 344 g/mol. The molecule has 1 amide bonds. The number of phenolic OH excluding ortho intramolecular Hbond substituents is 1. The van der Waals surface area contributed by atoms with E-state index in [2.05, 4.69) is 10.00 Å². The lowest BCUT2D eigenvalue weighted by molar-refractivity contribution is -0.0684. The summed E-state index contributed by atoms with van der Waals surface area (Å²) in [5, 5.41) is 14.0. The average molecular weight is 344 g/mol. The zero-order valence-corrected chi connectivity index (χ0v) is 14.8. The van der Waals surface area contributed by atoms with Gasteiger partial charge in [-0.1, -0.05) is 6.07 Å². The number of benzene rings is 1. The minimum Gasteiger partial charge on any atom is -0.508 e. The first kappa shape index (κ1) is 17.4. The highest BCUT2D eigenvalue weighted by Gasteiger charge is 2.37. The number of aromatic nitrogens is 2. The number of aryl methyl sites for hydroxylation is 1. The Balaban J connectivity index is 1.95. The van der Waals surface area contributed by atoms with Crippen molar-refractivity contribution in [2.45, 2.75) is 12.1 Å². The topological polar surface area (TPSA) is 70.8 Å². The molecule has 134 valence electrons. The maximum Gasteiger partial charge on any atom is 0.254 e. The van der Waals surface area contributed by atoms with Gasteiger partial charge in [-0.2, -0.15) is 5.10 Å². The molecule has 7 heteroatoms. The van der Waals surface area contributed by atoms with Gasteiger partial charge in [-0.3, -0.25) is 9.48 Å². The molecule has 0 spiro atoms. The van der Waals surface area contributed by atoms with Crippen LogP contribution in [0, 0.1) is 0 Å². The molecule has 1 fully saturated rings. The van der Waals surface area contributed by atoms with E-state index in [1.165, 1.54) is 6.07 Å². The fourth-order valence-electron chi connectivity index (χ4n) is 3.27. The molecular weight excluding hydrogens is 320 g/mol. The molecule has 1 aliphatic rings. The highest BCUT2D eigenvalue weighted by Crippen LogP contribution is 2.31. The van der Waals surface area contributed by atoms with Gasteiger partial charge >= 0.3 is 0 Å².